The molecule has 5 nitrogen and oxygen atoms in total. The number of piperidine rings is 1. The number of hydrogen-bond acceptors (Lipinski definition) is 4. The molecule has 94 valence electrons. The molecular weight excluding hydrogens is 218 g/mol. The smallest absolute Gasteiger partial charge is 0.237 e. The van der Waals surface area contributed by atoms with Crippen LogP contribution in [0.4, 0.5) is 0 Å². The Morgan fingerprint density at radius 2 is 2.00 bits per heavy atom. The Morgan fingerprint density at radius 3 is 2.65 bits per heavy atom. The highest BCUT2D eigenvalue weighted by Gasteiger charge is 2.30. The van der Waals surface area contributed by atoms with Gasteiger partial charge in [-0.2, -0.15) is 5.26 Å². The van der Waals surface area contributed by atoms with E-state index in [1.165, 1.54) is 0 Å². The van der Waals surface area contributed by atoms with Gasteiger partial charge in [-0.05, 0) is 25.7 Å². The van der Waals surface area contributed by atoms with Crippen LogP contribution in [0, 0.1) is 11.3 Å². The fourth-order valence-electron chi connectivity index (χ4n) is 2.56. The molecule has 0 aromatic rings. The van der Waals surface area contributed by atoms with Gasteiger partial charge in [-0.1, -0.05) is 0 Å². The summed E-state index contributed by atoms with van der Waals surface area (Å²) in [6.45, 7) is 2.66. The summed E-state index contributed by atoms with van der Waals surface area (Å²) in [4.78, 5) is 15.8. The first kappa shape index (κ1) is 12.3. The molecule has 0 aromatic heterocycles. The number of aliphatic hydroxyl groups excluding tert-OH is 1. The number of nitriles is 1. The van der Waals surface area contributed by atoms with Crippen LogP contribution in [-0.4, -0.2) is 59.1 Å². The van der Waals surface area contributed by atoms with E-state index in [0.717, 1.165) is 38.8 Å². The lowest BCUT2D eigenvalue weighted by Crippen LogP contribution is -2.45. The minimum Gasteiger partial charge on any atom is -0.393 e. The first-order valence-electron chi connectivity index (χ1n) is 6.30. The topological polar surface area (TPSA) is 67.6 Å². The van der Waals surface area contributed by atoms with Crippen molar-refractivity contribution >= 4 is 5.91 Å². The van der Waals surface area contributed by atoms with Crippen LogP contribution in [0.2, 0.25) is 0 Å². The maximum atomic E-state index is 12.0. The predicted molar refractivity (Wildman–Crippen MR) is 62.0 cm³/mol. The number of amides is 1. The van der Waals surface area contributed by atoms with Gasteiger partial charge in [0.2, 0.25) is 5.91 Å². The van der Waals surface area contributed by atoms with Gasteiger partial charge in [-0.25, -0.2) is 0 Å². The molecule has 2 fully saturated rings. The molecular formula is C12H19N3O2. The molecule has 2 aliphatic rings. The summed E-state index contributed by atoms with van der Waals surface area (Å²) in [5, 5.41) is 18.3. The summed E-state index contributed by atoms with van der Waals surface area (Å²) in [7, 11) is 0. The predicted octanol–water partition coefficient (Wildman–Crippen LogP) is -0.0423. The van der Waals surface area contributed by atoms with E-state index in [1.807, 2.05) is 0 Å². The maximum absolute atomic E-state index is 12.0. The van der Waals surface area contributed by atoms with Crippen LogP contribution in [0.1, 0.15) is 25.7 Å². The quantitative estimate of drug-likeness (QED) is 0.731. The minimum absolute atomic E-state index is 0.0606. The molecule has 0 aliphatic carbocycles. The Morgan fingerprint density at radius 1 is 1.29 bits per heavy atom. The highest BCUT2D eigenvalue weighted by Crippen LogP contribution is 2.17. The number of carbonyl (C=O) groups excluding carboxylic acids is 1. The Balaban J connectivity index is 1.83. The SMILES string of the molecule is N#C[C@@H]1CCCN1C(=O)CN1CCC(O)CC1. The minimum atomic E-state index is -0.224. The highest BCUT2D eigenvalue weighted by atomic mass is 16.3. The van der Waals surface area contributed by atoms with E-state index in [9.17, 15) is 9.90 Å². The molecule has 2 aliphatic heterocycles. The van der Waals surface area contributed by atoms with Crippen LogP contribution >= 0.6 is 0 Å². The van der Waals surface area contributed by atoms with Crippen LogP contribution in [0.25, 0.3) is 0 Å². The Kier molecular flexibility index (Phi) is 3.97. The van der Waals surface area contributed by atoms with Crippen LogP contribution in [0.15, 0.2) is 0 Å². The van der Waals surface area contributed by atoms with E-state index in [2.05, 4.69) is 11.0 Å². The van der Waals surface area contributed by atoms with Crippen LogP contribution in [0.5, 0.6) is 0 Å². The molecule has 1 amide bonds. The fraction of sp³-hybridized carbons (Fsp3) is 0.833. The molecule has 5 heteroatoms. The second-order valence-corrected chi connectivity index (χ2v) is 4.88. The zero-order valence-electron chi connectivity index (χ0n) is 10.0. The van der Waals surface area contributed by atoms with Crippen molar-refractivity contribution in [2.24, 2.45) is 0 Å². The van der Waals surface area contributed by atoms with E-state index in [-0.39, 0.29) is 18.1 Å². The Bertz CT molecular complexity index is 318. The number of aliphatic hydroxyl groups is 1. The number of carbonyl (C=O) groups is 1. The first-order valence-corrected chi connectivity index (χ1v) is 6.30. The lowest BCUT2D eigenvalue weighted by molar-refractivity contribution is -0.132. The van der Waals surface area contributed by atoms with E-state index in [4.69, 9.17) is 5.26 Å². The molecule has 2 rings (SSSR count). The van der Waals surface area contributed by atoms with Crippen molar-refractivity contribution in [3.8, 4) is 6.07 Å². The van der Waals surface area contributed by atoms with Crippen LogP contribution in [-0.2, 0) is 4.79 Å². The zero-order valence-corrected chi connectivity index (χ0v) is 10.0. The molecule has 17 heavy (non-hydrogen) atoms. The van der Waals surface area contributed by atoms with Crippen molar-refractivity contribution in [3.63, 3.8) is 0 Å². The number of nitrogens with zero attached hydrogens (tertiary/aromatic N) is 3. The summed E-state index contributed by atoms with van der Waals surface area (Å²) < 4.78 is 0. The lowest BCUT2D eigenvalue weighted by atomic mass is 10.1. The summed E-state index contributed by atoms with van der Waals surface area (Å²) in [6, 6.07) is 1.96. The zero-order chi connectivity index (χ0) is 12.3. The van der Waals surface area contributed by atoms with Crippen molar-refractivity contribution in [3.05, 3.63) is 0 Å². The van der Waals surface area contributed by atoms with Gasteiger partial charge in [0.15, 0.2) is 0 Å². The third-order valence-corrected chi connectivity index (χ3v) is 3.64. The highest BCUT2D eigenvalue weighted by molar-refractivity contribution is 5.79. The van der Waals surface area contributed by atoms with Crippen molar-refractivity contribution in [1.82, 2.24) is 9.80 Å². The average Bonchev–Trinajstić information content (AvgIpc) is 2.80. The third kappa shape index (κ3) is 2.96. The number of hydrogen-bond donors (Lipinski definition) is 1. The summed E-state index contributed by atoms with van der Waals surface area (Å²) in [6.07, 6.45) is 3.02. The van der Waals surface area contributed by atoms with Gasteiger partial charge in [0.1, 0.15) is 6.04 Å². The summed E-state index contributed by atoms with van der Waals surface area (Å²) in [5.74, 6) is 0.0606. The molecule has 0 unspecified atom stereocenters. The standard InChI is InChI=1S/C12H19N3O2/c13-8-10-2-1-5-15(10)12(17)9-14-6-3-11(16)4-7-14/h10-11,16H,1-7,9H2/t10-/m0/s1. The average molecular weight is 237 g/mol. The lowest BCUT2D eigenvalue weighted by Gasteiger charge is -2.30. The van der Waals surface area contributed by atoms with Gasteiger partial charge in [-0.15, -0.1) is 0 Å². The number of rotatable bonds is 2. The fourth-order valence-corrected chi connectivity index (χ4v) is 2.56. The van der Waals surface area contributed by atoms with Gasteiger partial charge in [0, 0.05) is 19.6 Å². The van der Waals surface area contributed by atoms with E-state index < -0.39 is 0 Å². The van der Waals surface area contributed by atoms with Gasteiger partial charge < -0.3 is 10.0 Å². The molecule has 2 heterocycles. The molecule has 0 aromatic carbocycles. The van der Waals surface area contributed by atoms with Crippen molar-refractivity contribution in [2.75, 3.05) is 26.2 Å². The van der Waals surface area contributed by atoms with E-state index >= 15 is 0 Å². The van der Waals surface area contributed by atoms with Crippen molar-refractivity contribution < 1.29 is 9.90 Å². The van der Waals surface area contributed by atoms with Crippen LogP contribution < -0.4 is 0 Å². The Hall–Kier alpha value is -1.12. The largest absolute Gasteiger partial charge is 0.393 e. The molecule has 2 saturated heterocycles. The van der Waals surface area contributed by atoms with Crippen molar-refractivity contribution in [1.29, 1.82) is 5.26 Å². The molecule has 1 atom stereocenters. The third-order valence-electron chi connectivity index (χ3n) is 3.64. The molecule has 0 saturated carbocycles. The Labute approximate surface area is 102 Å². The maximum Gasteiger partial charge on any atom is 0.237 e. The molecule has 0 spiro atoms. The summed E-state index contributed by atoms with van der Waals surface area (Å²) in [5.41, 5.74) is 0. The van der Waals surface area contributed by atoms with Gasteiger partial charge in [-0.3, -0.25) is 9.69 Å². The van der Waals surface area contributed by atoms with Gasteiger partial charge in [0.25, 0.3) is 0 Å². The van der Waals surface area contributed by atoms with Crippen molar-refractivity contribution in [2.45, 2.75) is 37.8 Å². The van der Waals surface area contributed by atoms with Gasteiger partial charge in [0.05, 0.1) is 18.7 Å². The van der Waals surface area contributed by atoms with Crippen LogP contribution in [0.3, 0.4) is 0 Å². The molecule has 1 N–H and O–H groups in total. The van der Waals surface area contributed by atoms with E-state index in [0.29, 0.717) is 13.1 Å². The normalized spacial score (nSPS) is 27.1. The van der Waals surface area contributed by atoms with E-state index in [1.54, 1.807) is 4.90 Å². The second kappa shape index (κ2) is 5.48. The molecule has 0 bridgehead atoms. The second-order valence-electron chi connectivity index (χ2n) is 4.88. The van der Waals surface area contributed by atoms with Gasteiger partial charge >= 0.3 is 0 Å². The molecule has 0 radical (unpaired) electrons. The number of likely N-dealkylation sites (tertiary alicyclic amines) is 2. The first-order chi connectivity index (χ1) is 8.20. The summed E-state index contributed by atoms with van der Waals surface area (Å²) >= 11 is 0. The monoisotopic (exact) mass is 237 g/mol.